The molecule has 0 N–H and O–H groups in total. The minimum absolute atomic E-state index is 0.362. The van der Waals surface area contributed by atoms with E-state index in [1.165, 1.54) is 18.4 Å². The molecule has 2 aliphatic carbocycles. The summed E-state index contributed by atoms with van der Waals surface area (Å²) < 4.78 is 11.7. The highest BCUT2D eigenvalue weighted by Crippen LogP contribution is 2.62. The number of ether oxygens (including phenoxy) is 2. The van der Waals surface area contributed by atoms with Gasteiger partial charge in [0, 0.05) is 17.4 Å². The Morgan fingerprint density at radius 1 is 1.39 bits per heavy atom. The molecule has 1 aliphatic heterocycles. The summed E-state index contributed by atoms with van der Waals surface area (Å²) in [5.74, 6) is 3.91. The molecule has 0 amide bonds. The van der Waals surface area contributed by atoms with Crippen molar-refractivity contribution in [3.8, 4) is 11.5 Å². The molecule has 0 radical (unpaired) electrons. The summed E-state index contributed by atoms with van der Waals surface area (Å²) in [7, 11) is 1.72. The minimum atomic E-state index is 0.362. The Bertz CT molecular complexity index is 532. The van der Waals surface area contributed by atoms with Crippen molar-refractivity contribution in [1.29, 1.82) is 0 Å². The fourth-order valence-electron chi connectivity index (χ4n) is 4.29. The summed E-state index contributed by atoms with van der Waals surface area (Å²) in [5, 5.41) is 0. The second kappa shape index (κ2) is 3.53. The molecule has 3 aliphatic rings. The third-order valence-corrected chi connectivity index (χ3v) is 5.00. The van der Waals surface area contributed by atoms with Gasteiger partial charge in [-0.2, -0.15) is 0 Å². The topological polar surface area (TPSA) is 18.5 Å². The number of hydrogen-bond donors (Lipinski definition) is 0. The van der Waals surface area contributed by atoms with Gasteiger partial charge < -0.3 is 9.47 Å². The van der Waals surface area contributed by atoms with E-state index in [1.807, 2.05) is 6.07 Å². The molecular formula is C16H18O2. The Morgan fingerprint density at radius 3 is 3.06 bits per heavy atom. The van der Waals surface area contributed by atoms with E-state index >= 15 is 0 Å². The number of para-hydroxylation sites is 1. The highest BCUT2D eigenvalue weighted by molar-refractivity contribution is 5.54. The Hall–Kier alpha value is -1.44. The molecule has 4 unspecified atom stereocenters. The molecule has 1 aromatic carbocycles. The lowest BCUT2D eigenvalue weighted by molar-refractivity contribution is 0.168. The van der Waals surface area contributed by atoms with E-state index in [9.17, 15) is 0 Å². The van der Waals surface area contributed by atoms with Gasteiger partial charge in [0.1, 0.15) is 6.10 Å². The largest absolute Gasteiger partial charge is 0.493 e. The first-order valence-corrected chi connectivity index (χ1v) is 6.82. The van der Waals surface area contributed by atoms with Gasteiger partial charge in [-0.3, -0.25) is 0 Å². The lowest BCUT2D eigenvalue weighted by atomic mass is 9.80. The van der Waals surface area contributed by atoms with Crippen LogP contribution in [0.5, 0.6) is 11.5 Å². The molecule has 18 heavy (non-hydrogen) atoms. The SMILES string of the molecule is C/C=C1\CC2CC1C1Oc3c(OC)cccc3C21. The first-order valence-electron chi connectivity index (χ1n) is 6.82. The maximum atomic E-state index is 6.25. The monoisotopic (exact) mass is 242 g/mol. The molecule has 2 saturated carbocycles. The number of hydrogen-bond acceptors (Lipinski definition) is 2. The van der Waals surface area contributed by atoms with Crippen molar-refractivity contribution in [3.63, 3.8) is 0 Å². The third kappa shape index (κ3) is 1.14. The summed E-state index contributed by atoms with van der Waals surface area (Å²) in [6.07, 6.45) is 5.24. The van der Waals surface area contributed by atoms with Crippen LogP contribution < -0.4 is 9.47 Å². The van der Waals surface area contributed by atoms with Crippen LogP contribution in [0.3, 0.4) is 0 Å². The minimum Gasteiger partial charge on any atom is -0.493 e. The average Bonchev–Trinajstić information content (AvgIpc) is 3.06. The van der Waals surface area contributed by atoms with Crippen molar-refractivity contribution >= 4 is 0 Å². The van der Waals surface area contributed by atoms with E-state index in [4.69, 9.17) is 9.47 Å². The number of fused-ring (bicyclic) bond motifs is 7. The Morgan fingerprint density at radius 2 is 2.28 bits per heavy atom. The van der Waals surface area contributed by atoms with Crippen LogP contribution >= 0.6 is 0 Å². The first kappa shape index (κ1) is 10.5. The summed E-state index contributed by atoms with van der Waals surface area (Å²) in [6, 6.07) is 6.31. The molecule has 2 bridgehead atoms. The highest BCUT2D eigenvalue weighted by Gasteiger charge is 2.55. The van der Waals surface area contributed by atoms with Gasteiger partial charge in [-0.05, 0) is 31.7 Å². The smallest absolute Gasteiger partial charge is 0.165 e. The Balaban J connectivity index is 1.79. The zero-order valence-corrected chi connectivity index (χ0v) is 10.8. The molecule has 2 heteroatoms. The van der Waals surface area contributed by atoms with Crippen LogP contribution in [-0.2, 0) is 0 Å². The average molecular weight is 242 g/mol. The van der Waals surface area contributed by atoms with Crippen LogP contribution in [0.1, 0.15) is 31.2 Å². The molecule has 1 heterocycles. The highest BCUT2D eigenvalue weighted by atomic mass is 16.5. The van der Waals surface area contributed by atoms with Gasteiger partial charge in [-0.1, -0.05) is 23.8 Å². The van der Waals surface area contributed by atoms with Crippen LogP contribution in [0, 0.1) is 11.8 Å². The molecule has 4 atom stereocenters. The van der Waals surface area contributed by atoms with Crippen molar-refractivity contribution in [3.05, 3.63) is 35.4 Å². The van der Waals surface area contributed by atoms with E-state index in [-0.39, 0.29) is 0 Å². The van der Waals surface area contributed by atoms with Gasteiger partial charge in [0.2, 0.25) is 0 Å². The maximum absolute atomic E-state index is 6.25. The van der Waals surface area contributed by atoms with Crippen molar-refractivity contribution in [2.45, 2.75) is 31.8 Å². The molecule has 2 fully saturated rings. The maximum Gasteiger partial charge on any atom is 0.165 e. The van der Waals surface area contributed by atoms with Crippen molar-refractivity contribution in [2.75, 3.05) is 7.11 Å². The Labute approximate surface area is 108 Å². The van der Waals surface area contributed by atoms with Crippen LogP contribution in [0.25, 0.3) is 0 Å². The summed E-state index contributed by atoms with van der Waals surface area (Å²) in [5.41, 5.74) is 2.98. The number of allylic oxidation sites excluding steroid dienone is 1. The van der Waals surface area contributed by atoms with Crippen molar-refractivity contribution in [2.24, 2.45) is 11.8 Å². The summed E-state index contributed by atoms with van der Waals surface area (Å²) in [6.45, 7) is 2.16. The predicted molar refractivity (Wildman–Crippen MR) is 70.1 cm³/mol. The molecule has 4 rings (SSSR count). The van der Waals surface area contributed by atoms with Crippen LogP contribution in [0.15, 0.2) is 29.8 Å². The third-order valence-electron chi connectivity index (χ3n) is 5.00. The number of rotatable bonds is 1. The van der Waals surface area contributed by atoms with E-state index in [2.05, 4.69) is 25.1 Å². The molecule has 2 nitrogen and oxygen atoms in total. The van der Waals surface area contributed by atoms with E-state index < -0.39 is 0 Å². The van der Waals surface area contributed by atoms with Crippen LogP contribution in [-0.4, -0.2) is 13.2 Å². The number of benzene rings is 1. The second-order valence-corrected chi connectivity index (χ2v) is 5.66. The molecule has 0 spiro atoms. The van der Waals surface area contributed by atoms with Crippen LogP contribution in [0.2, 0.25) is 0 Å². The molecular weight excluding hydrogens is 224 g/mol. The van der Waals surface area contributed by atoms with Gasteiger partial charge in [0.15, 0.2) is 11.5 Å². The van der Waals surface area contributed by atoms with Crippen molar-refractivity contribution < 1.29 is 9.47 Å². The zero-order chi connectivity index (χ0) is 12.3. The van der Waals surface area contributed by atoms with Gasteiger partial charge in [0.05, 0.1) is 7.11 Å². The fourth-order valence-corrected chi connectivity index (χ4v) is 4.29. The summed E-state index contributed by atoms with van der Waals surface area (Å²) >= 11 is 0. The van der Waals surface area contributed by atoms with E-state index in [1.54, 1.807) is 12.7 Å². The number of methoxy groups -OCH3 is 1. The lowest BCUT2D eigenvalue weighted by Crippen LogP contribution is -2.27. The standard InChI is InChI=1S/C16H18O2/c1-3-9-7-10-8-12(9)16-14(10)11-5-4-6-13(17-2)15(11)18-16/h3-6,10,12,14,16H,7-8H2,1-2H3/b9-3+. The Kier molecular flexibility index (Phi) is 2.06. The van der Waals surface area contributed by atoms with E-state index in [0.717, 1.165) is 17.4 Å². The normalized spacial score (nSPS) is 37.6. The first-order chi connectivity index (χ1) is 8.83. The molecule has 0 aromatic heterocycles. The van der Waals surface area contributed by atoms with Gasteiger partial charge in [-0.15, -0.1) is 0 Å². The lowest BCUT2D eigenvalue weighted by Gasteiger charge is -2.25. The van der Waals surface area contributed by atoms with Crippen molar-refractivity contribution in [1.82, 2.24) is 0 Å². The second-order valence-electron chi connectivity index (χ2n) is 5.66. The van der Waals surface area contributed by atoms with Crippen LogP contribution in [0.4, 0.5) is 0 Å². The summed E-state index contributed by atoms with van der Waals surface area (Å²) in [4.78, 5) is 0. The molecule has 0 saturated heterocycles. The fraction of sp³-hybridized carbons (Fsp3) is 0.500. The zero-order valence-electron chi connectivity index (χ0n) is 10.8. The molecule has 1 aromatic rings. The van der Waals surface area contributed by atoms with Gasteiger partial charge in [-0.25, -0.2) is 0 Å². The quantitative estimate of drug-likeness (QED) is 0.701. The molecule has 94 valence electrons. The van der Waals surface area contributed by atoms with Gasteiger partial charge >= 0.3 is 0 Å². The van der Waals surface area contributed by atoms with Gasteiger partial charge in [0.25, 0.3) is 0 Å². The van der Waals surface area contributed by atoms with E-state index in [0.29, 0.717) is 17.9 Å². The predicted octanol–water partition coefficient (Wildman–Crippen LogP) is 3.53.